The molecule has 10 heteroatoms. The summed E-state index contributed by atoms with van der Waals surface area (Å²) in [4.78, 5) is 27.7. The van der Waals surface area contributed by atoms with Crippen LogP contribution in [0.2, 0.25) is 10.0 Å². The summed E-state index contributed by atoms with van der Waals surface area (Å²) in [6, 6.07) is 26.2. The second-order valence-corrected chi connectivity index (χ2v) is 11.4. The molecule has 0 bridgehead atoms. The van der Waals surface area contributed by atoms with Crippen molar-refractivity contribution in [1.82, 2.24) is 4.90 Å². The molecule has 41 heavy (non-hydrogen) atoms. The van der Waals surface area contributed by atoms with E-state index in [1.54, 1.807) is 29.2 Å². The number of benzene rings is 3. The minimum Gasteiger partial charge on any atom is -0.455 e. The van der Waals surface area contributed by atoms with Crippen molar-refractivity contribution in [3.63, 3.8) is 0 Å². The molecule has 4 aromatic rings. The predicted octanol–water partition coefficient (Wildman–Crippen LogP) is 7.47. The van der Waals surface area contributed by atoms with E-state index in [1.807, 2.05) is 67.6 Å². The third-order valence-electron chi connectivity index (χ3n) is 6.35. The number of nitrogens with zero attached hydrogens (tertiary/aromatic N) is 3. The fourth-order valence-corrected chi connectivity index (χ4v) is 5.60. The third-order valence-corrected chi connectivity index (χ3v) is 8.26. The number of amidine groups is 1. The fraction of sp³-hybridized carbons (Fsp3) is 0.161. The summed E-state index contributed by atoms with van der Waals surface area (Å²) in [5.74, 6) is 0.679. The molecule has 1 aromatic heterocycles. The molecule has 2 heterocycles. The maximum Gasteiger partial charge on any atom is 0.242 e. The second kappa shape index (κ2) is 13.2. The molecule has 1 saturated heterocycles. The Hall–Kier alpha value is -3.85. The predicted molar refractivity (Wildman–Crippen MR) is 167 cm³/mol. The highest BCUT2D eigenvalue weighted by Gasteiger charge is 2.39. The lowest BCUT2D eigenvalue weighted by Gasteiger charge is -2.15. The van der Waals surface area contributed by atoms with Crippen LogP contribution in [0.3, 0.4) is 0 Å². The Labute approximate surface area is 252 Å². The van der Waals surface area contributed by atoms with E-state index in [-0.39, 0.29) is 18.2 Å². The van der Waals surface area contributed by atoms with Gasteiger partial charge in [-0.05, 0) is 61.4 Å². The smallest absolute Gasteiger partial charge is 0.242 e. The van der Waals surface area contributed by atoms with Crippen LogP contribution in [0.25, 0.3) is 11.3 Å². The number of nitrogens with one attached hydrogen (secondary N) is 1. The van der Waals surface area contributed by atoms with Crippen LogP contribution in [0.1, 0.15) is 23.3 Å². The summed E-state index contributed by atoms with van der Waals surface area (Å²) >= 11 is 13.4. The highest BCUT2D eigenvalue weighted by Crippen LogP contribution is 2.31. The largest absolute Gasteiger partial charge is 0.455 e. The molecule has 1 aliphatic rings. The van der Waals surface area contributed by atoms with Gasteiger partial charge in [0.15, 0.2) is 5.17 Å². The summed E-state index contributed by atoms with van der Waals surface area (Å²) in [7, 11) is 0. The van der Waals surface area contributed by atoms with Crippen LogP contribution >= 0.6 is 35.0 Å². The molecule has 1 fully saturated rings. The summed E-state index contributed by atoms with van der Waals surface area (Å²) in [5, 5.41) is 12.1. The van der Waals surface area contributed by atoms with Gasteiger partial charge in [0.1, 0.15) is 16.8 Å². The van der Waals surface area contributed by atoms with E-state index in [9.17, 15) is 9.59 Å². The van der Waals surface area contributed by atoms with Crippen molar-refractivity contribution in [3.8, 4) is 11.3 Å². The van der Waals surface area contributed by atoms with Gasteiger partial charge in [0.05, 0.1) is 16.3 Å². The first-order valence-electron chi connectivity index (χ1n) is 12.9. The SMILES string of the molecule is Cc1ccc(NC(=O)CC2S/C(=N\N=C\c3ccc(-c4ccc(Cl)c(Cl)c4)o3)N(CCc3ccccc3)C2=O)cc1. The summed E-state index contributed by atoms with van der Waals surface area (Å²) < 4.78 is 5.86. The fourth-order valence-electron chi connectivity index (χ4n) is 4.19. The second-order valence-electron chi connectivity index (χ2n) is 9.41. The standard InChI is InChI=1S/C31H26Cl2N4O3S/c1-20-7-10-23(11-8-20)35-29(38)18-28-30(39)37(16-15-21-5-3-2-4-6-21)31(41-28)36-34-19-24-12-14-27(40-24)22-9-13-25(32)26(33)17-22/h2-14,17,19,28H,15-16,18H2,1H3,(H,35,38)/b34-19+,36-31-. The summed E-state index contributed by atoms with van der Waals surface area (Å²) in [5.41, 5.74) is 3.66. The van der Waals surface area contributed by atoms with Gasteiger partial charge in [-0.3, -0.25) is 14.5 Å². The molecule has 2 amide bonds. The highest BCUT2D eigenvalue weighted by atomic mass is 35.5. The summed E-state index contributed by atoms with van der Waals surface area (Å²) in [6.07, 6.45) is 2.14. The Morgan fingerprint density at radius 1 is 1.02 bits per heavy atom. The van der Waals surface area contributed by atoms with Gasteiger partial charge < -0.3 is 9.73 Å². The van der Waals surface area contributed by atoms with Crippen molar-refractivity contribution in [2.24, 2.45) is 10.2 Å². The van der Waals surface area contributed by atoms with Crippen molar-refractivity contribution in [2.75, 3.05) is 11.9 Å². The monoisotopic (exact) mass is 604 g/mol. The lowest BCUT2D eigenvalue weighted by molar-refractivity contribution is -0.128. The summed E-state index contributed by atoms with van der Waals surface area (Å²) in [6.45, 7) is 2.40. The molecule has 3 aromatic carbocycles. The number of aryl methyl sites for hydroxylation is 1. The molecule has 208 valence electrons. The zero-order valence-electron chi connectivity index (χ0n) is 22.1. The van der Waals surface area contributed by atoms with Gasteiger partial charge in [0.25, 0.3) is 0 Å². The average molecular weight is 606 g/mol. The zero-order valence-corrected chi connectivity index (χ0v) is 24.4. The van der Waals surface area contributed by atoms with Crippen molar-refractivity contribution in [1.29, 1.82) is 0 Å². The first kappa shape index (κ1) is 28.7. The molecule has 1 atom stereocenters. The van der Waals surface area contributed by atoms with Crippen LogP contribution in [-0.4, -0.2) is 39.9 Å². The van der Waals surface area contributed by atoms with Crippen molar-refractivity contribution in [2.45, 2.75) is 25.0 Å². The van der Waals surface area contributed by atoms with Gasteiger partial charge in [-0.1, -0.05) is 83.0 Å². The molecule has 0 spiro atoms. The van der Waals surface area contributed by atoms with Crippen LogP contribution in [0.5, 0.6) is 0 Å². The van der Waals surface area contributed by atoms with Gasteiger partial charge in [-0.15, -0.1) is 5.10 Å². The van der Waals surface area contributed by atoms with Crippen LogP contribution in [0.4, 0.5) is 5.69 Å². The molecule has 0 radical (unpaired) electrons. The van der Waals surface area contributed by atoms with Crippen LogP contribution < -0.4 is 5.32 Å². The number of thioether (sulfide) groups is 1. The molecular formula is C31H26Cl2N4O3S. The average Bonchev–Trinajstić information content (AvgIpc) is 3.55. The first-order valence-corrected chi connectivity index (χ1v) is 14.5. The number of halogens is 2. The number of carbonyl (C=O) groups excluding carboxylic acids is 2. The van der Waals surface area contributed by atoms with Gasteiger partial charge in [-0.2, -0.15) is 5.10 Å². The Balaban J connectivity index is 1.29. The molecule has 7 nitrogen and oxygen atoms in total. The van der Waals surface area contributed by atoms with E-state index < -0.39 is 5.25 Å². The van der Waals surface area contributed by atoms with Gasteiger partial charge in [-0.25, -0.2) is 0 Å². The Morgan fingerprint density at radius 3 is 2.56 bits per heavy atom. The molecule has 0 aliphatic carbocycles. The number of hydrogen-bond acceptors (Lipinski definition) is 6. The van der Waals surface area contributed by atoms with Crippen molar-refractivity contribution in [3.05, 3.63) is 112 Å². The Bertz CT molecular complexity index is 1600. The maximum atomic E-state index is 13.4. The van der Waals surface area contributed by atoms with Crippen LogP contribution in [0.15, 0.2) is 99.5 Å². The Kier molecular flexibility index (Phi) is 9.24. The van der Waals surface area contributed by atoms with Crippen molar-refractivity contribution < 1.29 is 14.0 Å². The third kappa shape index (κ3) is 7.47. The molecule has 1 unspecified atom stereocenters. The number of anilines is 1. The number of carbonyl (C=O) groups is 2. The topological polar surface area (TPSA) is 87.3 Å². The number of hydrogen-bond donors (Lipinski definition) is 1. The van der Waals surface area contributed by atoms with Crippen LogP contribution in [0, 0.1) is 6.92 Å². The van der Waals surface area contributed by atoms with E-state index in [2.05, 4.69) is 15.5 Å². The lowest BCUT2D eigenvalue weighted by atomic mass is 10.1. The molecule has 5 rings (SSSR count). The maximum absolute atomic E-state index is 13.4. The number of furan rings is 1. The van der Waals surface area contributed by atoms with Gasteiger partial charge >= 0.3 is 0 Å². The lowest BCUT2D eigenvalue weighted by Crippen LogP contribution is -2.35. The van der Waals surface area contributed by atoms with Crippen LogP contribution in [-0.2, 0) is 16.0 Å². The van der Waals surface area contributed by atoms with Gasteiger partial charge in [0.2, 0.25) is 11.8 Å². The number of amides is 2. The normalized spacial score (nSPS) is 16.2. The quantitative estimate of drug-likeness (QED) is 0.158. The molecule has 1 N–H and O–H groups in total. The molecular weight excluding hydrogens is 579 g/mol. The minimum atomic E-state index is -0.602. The minimum absolute atomic E-state index is 0.0210. The molecule has 1 aliphatic heterocycles. The van der Waals surface area contributed by atoms with Crippen molar-refractivity contribution >= 4 is 63.8 Å². The van der Waals surface area contributed by atoms with Gasteiger partial charge in [0, 0.05) is 24.2 Å². The highest BCUT2D eigenvalue weighted by molar-refractivity contribution is 8.15. The van der Waals surface area contributed by atoms with E-state index >= 15 is 0 Å². The number of rotatable bonds is 9. The van der Waals surface area contributed by atoms with E-state index in [4.69, 9.17) is 27.6 Å². The van der Waals surface area contributed by atoms with E-state index in [0.717, 1.165) is 16.7 Å². The molecule has 0 saturated carbocycles. The zero-order chi connectivity index (χ0) is 28.8. The first-order chi connectivity index (χ1) is 19.9. The Morgan fingerprint density at radius 2 is 1.80 bits per heavy atom. The van der Waals surface area contributed by atoms with E-state index in [0.29, 0.717) is 45.4 Å². The van der Waals surface area contributed by atoms with E-state index in [1.165, 1.54) is 18.0 Å².